The van der Waals surface area contributed by atoms with Crippen molar-refractivity contribution in [2.45, 2.75) is 33.2 Å². The van der Waals surface area contributed by atoms with Crippen LogP contribution in [0.1, 0.15) is 26.5 Å². The fourth-order valence-corrected chi connectivity index (χ4v) is 4.04. The molecule has 2 aromatic rings. The first-order valence-corrected chi connectivity index (χ1v) is 8.73. The van der Waals surface area contributed by atoms with Crippen LogP contribution in [-0.4, -0.2) is 34.6 Å². The van der Waals surface area contributed by atoms with Crippen LogP contribution >= 0.6 is 11.8 Å². The van der Waals surface area contributed by atoms with Crippen LogP contribution in [0.2, 0.25) is 0 Å². The number of furan rings is 1. The number of rotatable bonds is 5. The Hall–Kier alpha value is -1.59. The zero-order valence-corrected chi connectivity index (χ0v) is 14.9. The summed E-state index contributed by atoms with van der Waals surface area (Å²) in [6.45, 7) is 8.83. The number of hydrogen-bond acceptors (Lipinski definition) is 5. The van der Waals surface area contributed by atoms with E-state index in [9.17, 15) is 5.11 Å². The van der Waals surface area contributed by atoms with Crippen molar-refractivity contribution in [3.63, 3.8) is 0 Å². The molecule has 3 rings (SSSR count). The van der Waals surface area contributed by atoms with E-state index in [1.165, 1.54) is 10.6 Å². The standard InChI is InChI=1S/C18H23NO3S/c1-12-7-14-8-15(5-6-16(14)22-12)21-9-17-13(2)19(11-23-17)18(3,4)10-20/h5-8,20H,9-11H2,1-4H3. The molecule has 0 atom stereocenters. The second-order valence-electron chi connectivity index (χ2n) is 6.53. The lowest BCUT2D eigenvalue weighted by Crippen LogP contribution is -2.44. The van der Waals surface area contributed by atoms with Gasteiger partial charge in [-0.25, -0.2) is 0 Å². The summed E-state index contributed by atoms with van der Waals surface area (Å²) in [7, 11) is 0. The van der Waals surface area contributed by atoms with Crippen LogP contribution in [0.5, 0.6) is 5.75 Å². The van der Waals surface area contributed by atoms with Gasteiger partial charge >= 0.3 is 0 Å². The molecule has 5 heteroatoms. The highest BCUT2D eigenvalue weighted by molar-refractivity contribution is 8.03. The van der Waals surface area contributed by atoms with E-state index in [0.717, 1.165) is 28.4 Å². The van der Waals surface area contributed by atoms with Gasteiger partial charge in [-0.1, -0.05) is 0 Å². The summed E-state index contributed by atoms with van der Waals surface area (Å²) < 4.78 is 11.5. The number of ether oxygens (including phenoxy) is 1. The van der Waals surface area contributed by atoms with Gasteiger partial charge in [-0.3, -0.25) is 0 Å². The summed E-state index contributed by atoms with van der Waals surface area (Å²) in [5.41, 5.74) is 1.83. The molecule has 1 aliphatic heterocycles. The molecule has 0 saturated carbocycles. The molecule has 0 bridgehead atoms. The molecule has 0 aliphatic carbocycles. The molecule has 0 unspecified atom stereocenters. The van der Waals surface area contributed by atoms with Gasteiger partial charge in [0.15, 0.2) is 0 Å². The maximum absolute atomic E-state index is 9.56. The maximum atomic E-state index is 9.56. The normalized spacial score (nSPS) is 15.8. The first-order valence-electron chi connectivity index (χ1n) is 7.75. The molecule has 1 N–H and O–H groups in total. The number of allylic oxidation sites excluding steroid dienone is 1. The topological polar surface area (TPSA) is 45.8 Å². The number of aliphatic hydroxyl groups excluding tert-OH is 1. The molecular formula is C18H23NO3S. The molecule has 0 spiro atoms. The molecule has 0 fully saturated rings. The minimum absolute atomic E-state index is 0.134. The molecule has 0 saturated heterocycles. The third-order valence-corrected chi connectivity index (χ3v) is 5.42. The van der Waals surface area contributed by atoms with E-state index in [1.807, 2.05) is 31.2 Å². The minimum Gasteiger partial charge on any atom is -0.488 e. The Kier molecular flexibility index (Phi) is 4.34. The van der Waals surface area contributed by atoms with Crippen LogP contribution in [0, 0.1) is 6.92 Å². The van der Waals surface area contributed by atoms with E-state index < -0.39 is 0 Å². The van der Waals surface area contributed by atoms with Crippen molar-refractivity contribution in [1.29, 1.82) is 0 Å². The molecule has 23 heavy (non-hydrogen) atoms. The number of hydrogen-bond donors (Lipinski definition) is 1. The Morgan fingerprint density at radius 1 is 1.30 bits per heavy atom. The number of aliphatic hydroxyl groups is 1. The van der Waals surface area contributed by atoms with Gasteiger partial charge in [0, 0.05) is 16.0 Å². The van der Waals surface area contributed by atoms with Gasteiger partial charge in [-0.15, -0.1) is 11.8 Å². The van der Waals surface area contributed by atoms with Crippen molar-refractivity contribution in [2.75, 3.05) is 19.1 Å². The van der Waals surface area contributed by atoms with E-state index in [2.05, 4.69) is 25.7 Å². The Morgan fingerprint density at radius 3 is 2.83 bits per heavy atom. The van der Waals surface area contributed by atoms with E-state index in [0.29, 0.717) is 6.61 Å². The average molecular weight is 333 g/mol. The lowest BCUT2D eigenvalue weighted by Gasteiger charge is -2.36. The highest BCUT2D eigenvalue weighted by Gasteiger charge is 2.31. The van der Waals surface area contributed by atoms with Crippen molar-refractivity contribution in [2.24, 2.45) is 0 Å². The molecule has 1 aliphatic rings. The predicted octanol–water partition coefficient (Wildman–Crippen LogP) is 4.13. The van der Waals surface area contributed by atoms with Gasteiger partial charge in [0.25, 0.3) is 0 Å². The fourth-order valence-electron chi connectivity index (χ4n) is 2.75. The third-order valence-electron chi connectivity index (χ3n) is 4.27. The first kappa shape index (κ1) is 16.3. The predicted molar refractivity (Wildman–Crippen MR) is 94.6 cm³/mol. The van der Waals surface area contributed by atoms with Gasteiger partial charge in [0.1, 0.15) is 23.7 Å². The molecule has 1 aromatic heterocycles. The largest absolute Gasteiger partial charge is 0.488 e. The van der Waals surface area contributed by atoms with Crippen LogP contribution in [-0.2, 0) is 0 Å². The summed E-state index contributed by atoms with van der Waals surface area (Å²) in [6.07, 6.45) is 0. The zero-order valence-electron chi connectivity index (χ0n) is 14.0. The Labute approximate surface area is 141 Å². The van der Waals surface area contributed by atoms with Crippen molar-refractivity contribution in [3.8, 4) is 5.75 Å². The molecule has 1 aromatic carbocycles. The van der Waals surface area contributed by atoms with Gasteiger partial charge < -0.3 is 19.2 Å². The number of fused-ring (bicyclic) bond motifs is 1. The summed E-state index contributed by atoms with van der Waals surface area (Å²) in [5, 5.41) is 10.6. The lowest BCUT2D eigenvalue weighted by molar-refractivity contribution is 0.102. The Morgan fingerprint density at radius 2 is 2.09 bits per heavy atom. The highest BCUT2D eigenvalue weighted by atomic mass is 32.2. The Bertz CT molecular complexity index is 748. The summed E-state index contributed by atoms with van der Waals surface area (Å²) >= 11 is 1.78. The summed E-state index contributed by atoms with van der Waals surface area (Å²) in [4.78, 5) is 3.45. The number of thioether (sulfide) groups is 1. The van der Waals surface area contributed by atoms with Crippen LogP contribution < -0.4 is 4.74 Å². The van der Waals surface area contributed by atoms with Crippen LogP contribution in [0.15, 0.2) is 39.3 Å². The monoisotopic (exact) mass is 333 g/mol. The van der Waals surface area contributed by atoms with Gasteiger partial charge in [0.05, 0.1) is 18.0 Å². The van der Waals surface area contributed by atoms with Gasteiger partial charge in [0.2, 0.25) is 0 Å². The minimum atomic E-state index is -0.244. The molecule has 2 heterocycles. The maximum Gasteiger partial charge on any atom is 0.134 e. The second kappa shape index (κ2) is 6.13. The van der Waals surface area contributed by atoms with Crippen molar-refractivity contribution in [1.82, 2.24) is 4.90 Å². The van der Waals surface area contributed by atoms with Crippen molar-refractivity contribution in [3.05, 3.63) is 40.6 Å². The fraction of sp³-hybridized carbons (Fsp3) is 0.444. The van der Waals surface area contributed by atoms with Gasteiger partial charge in [-0.2, -0.15) is 0 Å². The van der Waals surface area contributed by atoms with E-state index >= 15 is 0 Å². The van der Waals surface area contributed by atoms with E-state index in [-0.39, 0.29) is 12.1 Å². The molecule has 4 nitrogen and oxygen atoms in total. The molecular weight excluding hydrogens is 310 g/mol. The first-order chi connectivity index (χ1) is 10.9. The van der Waals surface area contributed by atoms with Gasteiger partial charge in [-0.05, 0) is 52.0 Å². The number of aryl methyl sites for hydroxylation is 1. The summed E-state index contributed by atoms with van der Waals surface area (Å²) in [6, 6.07) is 7.91. The lowest BCUT2D eigenvalue weighted by atomic mass is 10.0. The smallest absolute Gasteiger partial charge is 0.134 e. The Balaban J connectivity index is 1.72. The molecule has 0 radical (unpaired) electrons. The van der Waals surface area contributed by atoms with Crippen molar-refractivity contribution >= 4 is 22.7 Å². The second-order valence-corrected chi connectivity index (χ2v) is 7.57. The highest BCUT2D eigenvalue weighted by Crippen LogP contribution is 2.37. The van der Waals surface area contributed by atoms with Crippen LogP contribution in [0.4, 0.5) is 0 Å². The molecule has 0 amide bonds. The average Bonchev–Trinajstić information content (AvgIpc) is 3.06. The van der Waals surface area contributed by atoms with Crippen LogP contribution in [0.25, 0.3) is 11.0 Å². The molecule has 124 valence electrons. The SMILES string of the molecule is CC1=C(COc2ccc3oc(C)cc3c2)SCN1C(C)(C)CO. The number of nitrogens with zero attached hydrogens (tertiary/aromatic N) is 1. The quantitative estimate of drug-likeness (QED) is 0.891. The van der Waals surface area contributed by atoms with Crippen LogP contribution in [0.3, 0.4) is 0 Å². The zero-order chi connectivity index (χ0) is 16.6. The third kappa shape index (κ3) is 3.21. The summed E-state index contributed by atoms with van der Waals surface area (Å²) in [5.74, 6) is 2.61. The van der Waals surface area contributed by atoms with E-state index in [1.54, 1.807) is 11.8 Å². The number of benzene rings is 1. The van der Waals surface area contributed by atoms with E-state index in [4.69, 9.17) is 9.15 Å². The van der Waals surface area contributed by atoms with Crippen molar-refractivity contribution < 1.29 is 14.3 Å².